The summed E-state index contributed by atoms with van der Waals surface area (Å²) in [6.45, 7) is 1.70. The molecule has 3 aromatic rings. The van der Waals surface area contributed by atoms with Gasteiger partial charge in [0, 0.05) is 15.7 Å². The topological polar surface area (TPSA) is 69.6 Å². The van der Waals surface area contributed by atoms with Crippen LogP contribution < -0.4 is 5.73 Å². The molecule has 0 fully saturated rings. The van der Waals surface area contributed by atoms with E-state index in [4.69, 9.17) is 5.73 Å². The molecule has 0 unspecified atom stereocenters. The van der Waals surface area contributed by atoms with Crippen molar-refractivity contribution >= 4 is 21.6 Å². The van der Waals surface area contributed by atoms with Crippen molar-refractivity contribution in [1.29, 1.82) is 0 Å². The largest absolute Gasteiger partial charge is 0.399 e. The molecule has 0 saturated heterocycles. The molecule has 0 atom stereocenters. The van der Waals surface area contributed by atoms with Crippen LogP contribution in [0.25, 0.3) is 17.1 Å². The van der Waals surface area contributed by atoms with Crippen LogP contribution in [-0.2, 0) is 0 Å². The summed E-state index contributed by atoms with van der Waals surface area (Å²) in [4.78, 5) is 0. The van der Waals surface area contributed by atoms with Crippen LogP contribution in [-0.4, -0.2) is 20.2 Å². The van der Waals surface area contributed by atoms with Crippen molar-refractivity contribution in [3.05, 3.63) is 52.3 Å². The quantitative estimate of drug-likeness (QED) is 0.723. The normalized spacial score (nSPS) is 10.8. The highest BCUT2D eigenvalue weighted by Crippen LogP contribution is 2.29. The molecule has 1 heterocycles. The molecule has 0 aliphatic carbocycles. The van der Waals surface area contributed by atoms with Gasteiger partial charge in [-0.3, -0.25) is 0 Å². The molecule has 0 saturated carbocycles. The van der Waals surface area contributed by atoms with Crippen molar-refractivity contribution in [1.82, 2.24) is 20.2 Å². The lowest BCUT2D eigenvalue weighted by molar-refractivity contribution is 0.615. The first-order valence-corrected chi connectivity index (χ1v) is 6.96. The Hall–Kier alpha value is -2.28. The Morgan fingerprint density at radius 1 is 1.19 bits per heavy atom. The number of anilines is 1. The lowest BCUT2D eigenvalue weighted by Gasteiger charge is -2.08. The maximum Gasteiger partial charge on any atom is 0.188 e. The van der Waals surface area contributed by atoms with Gasteiger partial charge in [-0.05, 0) is 53.2 Å². The van der Waals surface area contributed by atoms with Crippen LogP contribution in [0.2, 0.25) is 0 Å². The zero-order chi connectivity index (χ0) is 15.0. The summed E-state index contributed by atoms with van der Waals surface area (Å²) < 4.78 is 16.0. The first-order chi connectivity index (χ1) is 10.1. The van der Waals surface area contributed by atoms with Gasteiger partial charge in [0.1, 0.15) is 5.82 Å². The summed E-state index contributed by atoms with van der Waals surface area (Å²) in [7, 11) is 0. The van der Waals surface area contributed by atoms with Gasteiger partial charge in [0.25, 0.3) is 0 Å². The molecule has 7 heteroatoms. The van der Waals surface area contributed by atoms with E-state index in [1.807, 2.05) is 6.07 Å². The van der Waals surface area contributed by atoms with Crippen molar-refractivity contribution < 1.29 is 4.39 Å². The number of tetrazole rings is 1. The molecular weight excluding hydrogens is 337 g/mol. The van der Waals surface area contributed by atoms with E-state index >= 15 is 0 Å². The third kappa shape index (κ3) is 2.52. The molecule has 2 aromatic carbocycles. The van der Waals surface area contributed by atoms with Crippen molar-refractivity contribution in [2.45, 2.75) is 6.92 Å². The van der Waals surface area contributed by atoms with Crippen LogP contribution in [0.1, 0.15) is 5.56 Å². The van der Waals surface area contributed by atoms with E-state index < -0.39 is 0 Å². The van der Waals surface area contributed by atoms with E-state index in [1.165, 1.54) is 10.7 Å². The number of aryl methyl sites for hydroxylation is 1. The van der Waals surface area contributed by atoms with Crippen LogP contribution in [0, 0.1) is 12.7 Å². The van der Waals surface area contributed by atoms with Gasteiger partial charge >= 0.3 is 0 Å². The molecule has 0 bridgehead atoms. The Labute approximate surface area is 128 Å². The fraction of sp³-hybridized carbons (Fsp3) is 0.0714. The number of halogens is 2. The minimum atomic E-state index is -0.305. The fourth-order valence-corrected chi connectivity index (χ4v) is 2.38. The minimum absolute atomic E-state index is 0.305. The molecule has 3 rings (SSSR count). The van der Waals surface area contributed by atoms with Gasteiger partial charge in [-0.1, -0.05) is 22.0 Å². The Balaban J connectivity index is 2.17. The number of benzene rings is 2. The van der Waals surface area contributed by atoms with E-state index in [0.717, 1.165) is 10.0 Å². The van der Waals surface area contributed by atoms with Crippen LogP contribution >= 0.6 is 15.9 Å². The fourth-order valence-electron chi connectivity index (χ4n) is 1.96. The monoisotopic (exact) mass is 347 g/mol. The average molecular weight is 348 g/mol. The second-order valence-corrected chi connectivity index (χ2v) is 5.44. The van der Waals surface area contributed by atoms with Crippen LogP contribution in [0.4, 0.5) is 10.1 Å². The SMILES string of the molecule is Cc1ccc(-n2nnnc2-c2cc(N)ccc2Br)cc1F. The molecule has 1 aromatic heterocycles. The number of hydrogen-bond acceptors (Lipinski definition) is 4. The molecular formula is C14H11BrFN5. The van der Waals surface area contributed by atoms with E-state index in [9.17, 15) is 4.39 Å². The Morgan fingerprint density at radius 2 is 2.00 bits per heavy atom. The summed E-state index contributed by atoms with van der Waals surface area (Å²) in [6.07, 6.45) is 0. The van der Waals surface area contributed by atoms with Gasteiger partial charge in [0.15, 0.2) is 5.82 Å². The maximum absolute atomic E-state index is 13.7. The molecule has 2 N–H and O–H groups in total. The Morgan fingerprint density at radius 3 is 2.76 bits per heavy atom. The minimum Gasteiger partial charge on any atom is -0.399 e. The zero-order valence-electron chi connectivity index (χ0n) is 11.1. The van der Waals surface area contributed by atoms with Crippen molar-refractivity contribution in [2.24, 2.45) is 0 Å². The molecule has 0 aliphatic rings. The maximum atomic E-state index is 13.7. The van der Waals surface area contributed by atoms with Crippen LogP contribution in [0.5, 0.6) is 0 Å². The highest BCUT2D eigenvalue weighted by molar-refractivity contribution is 9.10. The van der Waals surface area contributed by atoms with Crippen molar-refractivity contribution in [3.8, 4) is 17.1 Å². The van der Waals surface area contributed by atoms with Crippen LogP contribution in [0.15, 0.2) is 40.9 Å². The third-order valence-electron chi connectivity index (χ3n) is 3.10. The van der Waals surface area contributed by atoms with Crippen molar-refractivity contribution in [3.63, 3.8) is 0 Å². The first kappa shape index (κ1) is 13.7. The van der Waals surface area contributed by atoms with Gasteiger partial charge in [-0.15, -0.1) is 5.10 Å². The molecule has 0 aliphatic heterocycles. The first-order valence-electron chi connectivity index (χ1n) is 6.16. The van der Waals surface area contributed by atoms with Gasteiger partial charge in [-0.2, -0.15) is 4.68 Å². The predicted octanol–water partition coefficient (Wildman–Crippen LogP) is 3.12. The number of aromatic nitrogens is 4. The molecule has 0 radical (unpaired) electrons. The molecule has 0 spiro atoms. The number of rotatable bonds is 2. The molecule has 21 heavy (non-hydrogen) atoms. The van der Waals surface area contributed by atoms with E-state index in [2.05, 4.69) is 31.5 Å². The number of hydrogen-bond donors (Lipinski definition) is 1. The number of nitrogen functional groups attached to an aromatic ring is 1. The van der Waals surface area contributed by atoms with E-state index in [-0.39, 0.29) is 5.82 Å². The van der Waals surface area contributed by atoms with Gasteiger partial charge in [-0.25, -0.2) is 4.39 Å². The Bertz CT molecular complexity index is 815. The molecule has 5 nitrogen and oxygen atoms in total. The van der Waals surface area contributed by atoms with Crippen LogP contribution in [0.3, 0.4) is 0 Å². The number of nitrogens with two attached hydrogens (primary N) is 1. The summed E-state index contributed by atoms with van der Waals surface area (Å²) in [5.41, 5.74) is 8.26. The Kier molecular flexibility index (Phi) is 3.42. The van der Waals surface area contributed by atoms with E-state index in [0.29, 0.717) is 22.8 Å². The highest BCUT2D eigenvalue weighted by atomic mass is 79.9. The van der Waals surface area contributed by atoms with Crippen molar-refractivity contribution in [2.75, 3.05) is 5.73 Å². The lowest BCUT2D eigenvalue weighted by atomic mass is 10.1. The smallest absolute Gasteiger partial charge is 0.188 e. The van der Waals surface area contributed by atoms with Gasteiger partial charge < -0.3 is 5.73 Å². The standard InChI is InChI=1S/C14H11BrFN5/c1-8-2-4-10(7-13(8)16)21-14(18-19-20-21)11-6-9(17)3-5-12(11)15/h2-7H,17H2,1H3. The van der Waals surface area contributed by atoms with Gasteiger partial charge in [0.05, 0.1) is 5.69 Å². The summed E-state index contributed by atoms with van der Waals surface area (Å²) in [5.74, 6) is 0.179. The average Bonchev–Trinajstić information content (AvgIpc) is 2.93. The molecule has 106 valence electrons. The third-order valence-corrected chi connectivity index (χ3v) is 3.79. The predicted molar refractivity (Wildman–Crippen MR) is 81.4 cm³/mol. The second kappa shape index (κ2) is 5.25. The summed E-state index contributed by atoms with van der Waals surface area (Å²) in [5, 5.41) is 11.6. The highest BCUT2D eigenvalue weighted by Gasteiger charge is 2.14. The molecule has 0 amide bonds. The van der Waals surface area contributed by atoms with Gasteiger partial charge in [0.2, 0.25) is 0 Å². The summed E-state index contributed by atoms with van der Waals surface area (Å²) in [6, 6.07) is 10.2. The number of nitrogens with zero attached hydrogens (tertiary/aromatic N) is 4. The zero-order valence-corrected chi connectivity index (χ0v) is 12.7. The lowest BCUT2D eigenvalue weighted by Crippen LogP contribution is -2.01. The summed E-state index contributed by atoms with van der Waals surface area (Å²) >= 11 is 3.45. The van der Waals surface area contributed by atoms with E-state index in [1.54, 1.807) is 31.2 Å². The second-order valence-electron chi connectivity index (χ2n) is 4.59.